The topological polar surface area (TPSA) is 72.3 Å². The molecule has 1 aromatic rings. The number of benzene rings is 1. The molecule has 0 radical (unpaired) electrons. The number of carbonyl (C=O) groups is 1. The minimum absolute atomic E-state index is 0.281. The monoisotopic (exact) mass is 263 g/mol. The standard InChI is InChI=1S/C15H25N3O/c1-11(2)8-18(10-15(17)19)9-14-5-4-13(7-16)6-12(14)3/h4-6,11H,7-10,16H2,1-3H3,(H2,17,19). The van der Waals surface area contributed by atoms with Gasteiger partial charge in [-0.15, -0.1) is 0 Å². The van der Waals surface area contributed by atoms with Crippen molar-refractivity contribution in [2.75, 3.05) is 13.1 Å². The van der Waals surface area contributed by atoms with E-state index in [4.69, 9.17) is 11.5 Å². The van der Waals surface area contributed by atoms with Crippen LogP contribution in [0.4, 0.5) is 0 Å². The zero-order chi connectivity index (χ0) is 14.4. The molecule has 0 unspecified atom stereocenters. The van der Waals surface area contributed by atoms with Crippen molar-refractivity contribution >= 4 is 5.91 Å². The maximum atomic E-state index is 11.1. The van der Waals surface area contributed by atoms with Crippen LogP contribution in [0, 0.1) is 12.8 Å². The molecular weight excluding hydrogens is 238 g/mol. The summed E-state index contributed by atoms with van der Waals surface area (Å²) in [6.07, 6.45) is 0. The molecule has 4 heteroatoms. The van der Waals surface area contributed by atoms with Gasteiger partial charge in [-0.25, -0.2) is 0 Å². The van der Waals surface area contributed by atoms with Crippen molar-refractivity contribution in [3.8, 4) is 0 Å². The molecular formula is C15H25N3O. The average Bonchev–Trinajstić information content (AvgIpc) is 2.30. The minimum Gasteiger partial charge on any atom is -0.369 e. The Kier molecular flexibility index (Phi) is 5.99. The number of primary amides is 1. The Morgan fingerprint density at radius 2 is 2.05 bits per heavy atom. The molecule has 106 valence electrons. The summed E-state index contributed by atoms with van der Waals surface area (Å²) >= 11 is 0. The van der Waals surface area contributed by atoms with Gasteiger partial charge in [-0.3, -0.25) is 9.69 Å². The van der Waals surface area contributed by atoms with Crippen LogP contribution in [0.15, 0.2) is 18.2 Å². The number of rotatable bonds is 7. The highest BCUT2D eigenvalue weighted by molar-refractivity contribution is 5.75. The van der Waals surface area contributed by atoms with E-state index in [-0.39, 0.29) is 5.91 Å². The predicted octanol–water partition coefficient (Wildman–Crippen LogP) is 1.40. The number of nitrogens with two attached hydrogens (primary N) is 2. The molecule has 0 aliphatic heterocycles. The normalized spacial score (nSPS) is 11.3. The maximum Gasteiger partial charge on any atom is 0.231 e. The van der Waals surface area contributed by atoms with Crippen LogP contribution >= 0.6 is 0 Å². The van der Waals surface area contributed by atoms with Crippen molar-refractivity contribution in [2.24, 2.45) is 17.4 Å². The van der Waals surface area contributed by atoms with Crippen LogP contribution in [0.3, 0.4) is 0 Å². The maximum absolute atomic E-state index is 11.1. The first-order valence-electron chi connectivity index (χ1n) is 6.71. The number of hydrogen-bond donors (Lipinski definition) is 2. The van der Waals surface area contributed by atoms with E-state index in [2.05, 4.69) is 37.8 Å². The first kappa shape index (κ1) is 15.7. The quantitative estimate of drug-likeness (QED) is 0.781. The molecule has 0 saturated carbocycles. The highest BCUT2D eigenvalue weighted by Crippen LogP contribution is 2.14. The minimum atomic E-state index is -0.281. The smallest absolute Gasteiger partial charge is 0.231 e. The highest BCUT2D eigenvalue weighted by Gasteiger charge is 2.12. The molecule has 1 aromatic carbocycles. The van der Waals surface area contributed by atoms with Crippen LogP contribution in [-0.4, -0.2) is 23.9 Å². The van der Waals surface area contributed by atoms with Gasteiger partial charge >= 0.3 is 0 Å². The SMILES string of the molecule is Cc1cc(CN)ccc1CN(CC(N)=O)CC(C)C. The van der Waals surface area contributed by atoms with E-state index in [1.54, 1.807) is 0 Å². The third-order valence-corrected chi connectivity index (χ3v) is 3.04. The zero-order valence-electron chi connectivity index (χ0n) is 12.1. The largest absolute Gasteiger partial charge is 0.369 e. The van der Waals surface area contributed by atoms with E-state index >= 15 is 0 Å². The van der Waals surface area contributed by atoms with Gasteiger partial charge in [0.05, 0.1) is 6.54 Å². The van der Waals surface area contributed by atoms with Gasteiger partial charge in [0.15, 0.2) is 0 Å². The number of hydrogen-bond acceptors (Lipinski definition) is 3. The second-order valence-corrected chi connectivity index (χ2v) is 5.49. The number of amides is 1. The summed E-state index contributed by atoms with van der Waals surface area (Å²) in [4.78, 5) is 13.2. The second-order valence-electron chi connectivity index (χ2n) is 5.49. The lowest BCUT2D eigenvalue weighted by Crippen LogP contribution is -2.35. The van der Waals surface area contributed by atoms with Gasteiger partial charge in [0.1, 0.15) is 0 Å². The van der Waals surface area contributed by atoms with Crippen molar-refractivity contribution < 1.29 is 4.79 Å². The molecule has 0 aliphatic carbocycles. The van der Waals surface area contributed by atoms with Crippen LogP contribution < -0.4 is 11.5 Å². The van der Waals surface area contributed by atoms with Gasteiger partial charge in [-0.1, -0.05) is 32.0 Å². The summed E-state index contributed by atoms with van der Waals surface area (Å²) in [5, 5.41) is 0. The van der Waals surface area contributed by atoms with E-state index in [1.165, 1.54) is 11.1 Å². The van der Waals surface area contributed by atoms with Gasteiger partial charge in [0.25, 0.3) is 0 Å². The highest BCUT2D eigenvalue weighted by atomic mass is 16.1. The molecule has 4 nitrogen and oxygen atoms in total. The Bertz CT molecular complexity index is 429. The van der Waals surface area contributed by atoms with Crippen LogP contribution in [0.1, 0.15) is 30.5 Å². The lowest BCUT2D eigenvalue weighted by Gasteiger charge is -2.23. The Morgan fingerprint density at radius 3 is 2.53 bits per heavy atom. The lowest BCUT2D eigenvalue weighted by molar-refractivity contribution is -0.119. The summed E-state index contributed by atoms with van der Waals surface area (Å²) in [6.45, 7) is 8.82. The zero-order valence-corrected chi connectivity index (χ0v) is 12.1. The van der Waals surface area contributed by atoms with Gasteiger partial charge in [-0.2, -0.15) is 0 Å². The molecule has 0 heterocycles. The summed E-state index contributed by atoms with van der Waals surface area (Å²) < 4.78 is 0. The summed E-state index contributed by atoms with van der Waals surface area (Å²) in [5.41, 5.74) is 14.5. The fourth-order valence-electron chi connectivity index (χ4n) is 2.23. The number of carbonyl (C=O) groups excluding carboxylic acids is 1. The lowest BCUT2D eigenvalue weighted by atomic mass is 10.0. The molecule has 0 aliphatic rings. The van der Waals surface area contributed by atoms with Gasteiger partial charge in [0.2, 0.25) is 5.91 Å². The van der Waals surface area contributed by atoms with Crippen molar-refractivity contribution in [1.29, 1.82) is 0 Å². The van der Waals surface area contributed by atoms with E-state index in [1.807, 2.05) is 6.07 Å². The first-order valence-corrected chi connectivity index (χ1v) is 6.71. The molecule has 0 fully saturated rings. The van der Waals surface area contributed by atoms with E-state index in [9.17, 15) is 4.79 Å². The van der Waals surface area contributed by atoms with Crippen molar-refractivity contribution in [3.63, 3.8) is 0 Å². The number of nitrogens with zero attached hydrogens (tertiary/aromatic N) is 1. The number of aryl methyl sites for hydroxylation is 1. The Balaban J connectivity index is 2.80. The molecule has 0 aromatic heterocycles. The molecule has 0 spiro atoms. The van der Waals surface area contributed by atoms with Crippen LogP contribution in [0.2, 0.25) is 0 Å². The van der Waals surface area contributed by atoms with Crippen molar-refractivity contribution in [3.05, 3.63) is 34.9 Å². The fraction of sp³-hybridized carbons (Fsp3) is 0.533. The summed E-state index contributed by atoms with van der Waals surface area (Å²) in [6, 6.07) is 6.24. The summed E-state index contributed by atoms with van der Waals surface area (Å²) in [5.74, 6) is 0.222. The van der Waals surface area contributed by atoms with Gasteiger partial charge in [-0.05, 0) is 29.5 Å². The van der Waals surface area contributed by atoms with Crippen LogP contribution in [0.25, 0.3) is 0 Å². The first-order chi connectivity index (χ1) is 8.92. The van der Waals surface area contributed by atoms with Crippen LogP contribution in [-0.2, 0) is 17.9 Å². The summed E-state index contributed by atoms with van der Waals surface area (Å²) in [7, 11) is 0. The fourth-order valence-corrected chi connectivity index (χ4v) is 2.23. The average molecular weight is 263 g/mol. The van der Waals surface area contributed by atoms with E-state index in [0.29, 0.717) is 19.0 Å². The molecule has 1 amide bonds. The Hall–Kier alpha value is -1.39. The van der Waals surface area contributed by atoms with Crippen molar-refractivity contribution in [1.82, 2.24) is 4.90 Å². The molecule has 0 bridgehead atoms. The second kappa shape index (κ2) is 7.26. The molecule has 0 atom stereocenters. The molecule has 1 rings (SSSR count). The Morgan fingerprint density at radius 1 is 1.37 bits per heavy atom. The van der Waals surface area contributed by atoms with Gasteiger partial charge < -0.3 is 11.5 Å². The molecule has 0 saturated heterocycles. The third-order valence-electron chi connectivity index (χ3n) is 3.04. The van der Waals surface area contributed by atoms with Crippen molar-refractivity contribution in [2.45, 2.75) is 33.9 Å². The predicted molar refractivity (Wildman–Crippen MR) is 78.4 cm³/mol. The Labute approximate surface area is 115 Å². The molecule has 4 N–H and O–H groups in total. The van der Waals surface area contributed by atoms with E-state index < -0.39 is 0 Å². The van der Waals surface area contributed by atoms with Crippen LogP contribution in [0.5, 0.6) is 0 Å². The molecule has 19 heavy (non-hydrogen) atoms. The van der Waals surface area contributed by atoms with Gasteiger partial charge in [0, 0.05) is 19.6 Å². The third kappa shape index (κ3) is 5.41. The van der Waals surface area contributed by atoms with E-state index in [0.717, 1.165) is 18.7 Å².